The molecule has 2 aliphatic rings. The number of rotatable bonds is 5. The van der Waals surface area contributed by atoms with Crippen LogP contribution in [-0.2, 0) is 10.3 Å². The van der Waals surface area contributed by atoms with E-state index >= 15 is 0 Å². The van der Waals surface area contributed by atoms with Gasteiger partial charge in [0.2, 0.25) is 0 Å². The van der Waals surface area contributed by atoms with Crippen molar-refractivity contribution in [1.29, 1.82) is 0 Å². The number of esters is 1. The van der Waals surface area contributed by atoms with Crippen LogP contribution in [0.1, 0.15) is 40.9 Å². The Labute approximate surface area is 225 Å². The Morgan fingerprint density at radius 3 is 2.32 bits per heavy atom. The fraction of sp³-hybridized carbons (Fsp3) is 0.167. The minimum Gasteiger partial charge on any atom is -0.456 e. The molecule has 0 amide bonds. The fourth-order valence-corrected chi connectivity index (χ4v) is 5.56. The van der Waals surface area contributed by atoms with E-state index in [0.717, 1.165) is 46.8 Å². The van der Waals surface area contributed by atoms with Crippen LogP contribution < -0.4 is 15.0 Å². The summed E-state index contributed by atoms with van der Waals surface area (Å²) in [6.45, 7) is 5.99. The zero-order valence-corrected chi connectivity index (χ0v) is 21.9. The molecule has 1 spiro atoms. The summed E-state index contributed by atoms with van der Waals surface area (Å²) in [5.74, 6) is 0.949. The van der Waals surface area contributed by atoms with Crippen molar-refractivity contribution in [2.24, 2.45) is 0 Å². The lowest BCUT2D eigenvalue weighted by atomic mass is 9.77. The second kappa shape index (κ2) is 9.02. The first kappa shape index (κ1) is 23.7. The standard InChI is InChI=1S/C30H24Cl2N2O3/c1-3-34(4-2)20-11-12-23-28(17-20)36-27-14-10-18(33-19-9-13-25(31)26(32)16-19)15-24(27)30(23)22-8-6-5-7-21(22)29(35)37-30/h5-17,33H,3-4H2,1-2H3. The highest BCUT2D eigenvalue weighted by Crippen LogP contribution is 2.57. The molecule has 1 N–H and O–H groups in total. The number of ether oxygens (including phenoxy) is 2. The maximum atomic E-state index is 13.2. The number of carbonyl (C=O) groups excluding carboxylic acids is 1. The lowest BCUT2D eigenvalue weighted by Gasteiger charge is -2.37. The van der Waals surface area contributed by atoms with E-state index in [9.17, 15) is 4.79 Å². The van der Waals surface area contributed by atoms with E-state index in [0.29, 0.717) is 27.1 Å². The highest BCUT2D eigenvalue weighted by molar-refractivity contribution is 6.42. The van der Waals surface area contributed by atoms with Gasteiger partial charge in [-0.2, -0.15) is 0 Å². The molecule has 2 heterocycles. The zero-order valence-electron chi connectivity index (χ0n) is 20.3. The predicted octanol–water partition coefficient (Wildman–Crippen LogP) is 8.15. The molecular weight excluding hydrogens is 507 g/mol. The van der Waals surface area contributed by atoms with E-state index in [1.165, 1.54) is 0 Å². The van der Waals surface area contributed by atoms with Crippen molar-refractivity contribution in [2.75, 3.05) is 23.3 Å². The summed E-state index contributed by atoms with van der Waals surface area (Å²) < 4.78 is 12.8. The van der Waals surface area contributed by atoms with E-state index in [1.54, 1.807) is 12.1 Å². The second-order valence-electron chi connectivity index (χ2n) is 9.04. The van der Waals surface area contributed by atoms with Crippen molar-refractivity contribution >= 4 is 46.2 Å². The predicted molar refractivity (Wildman–Crippen MR) is 148 cm³/mol. The van der Waals surface area contributed by atoms with Gasteiger partial charge in [-0.05, 0) is 68.4 Å². The number of hydrogen-bond acceptors (Lipinski definition) is 5. The van der Waals surface area contributed by atoms with Crippen LogP contribution in [0, 0.1) is 0 Å². The molecule has 2 aliphatic heterocycles. The van der Waals surface area contributed by atoms with Crippen LogP contribution >= 0.6 is 23.2 Å². The van der Waals surface area contributed by atoms with Crippen LogP contribution in [0.2, 0.25) is 10.0 Å². The molecule has 5 nitrogen and oxygen atoms in total. The molecule has 1 atom stereocenters. The summed E-state index contributed by atoms with van der Waals surface area (Å²) in [5, 5.41) is 4.33. The minimum absolute atomic E-state index is 0.356. The summed E-state index contributed by atoms with van der Waals surface area (Å²) in [4.78, 5) is 15.4. The van der Waals surface area contributed by atoms with Gasteiger partial charge in [0.15, 0.2) is 5.60 Å². The van der Waals surface area contributed by atoms with Crippen LogP contribution in [0.5, 0.6) is 11.5 Å². The molecule has 0 bridgehead atoms. The Balaban J connectivity index is 1.53. The second-order valence-corrected chi connectivity index (χ2v) is 9.85. The largest absolute Gasteiger partial charge is 0.456 e. The quantitative estimate of drug-likeness (QED) is 0.264. The number of nitrogens with one attached hydrogen (secondary N) is 1. The summed E-state index contributed by atoms with van der Waals surface area (Å²) in [6.07, 6.45) is 0. The number of benzene rings is 4. The van der Waals surface area contributed by atoms with Crippen molar-refractivity contribution in [2.45, 2.75) is 19.4 Å². The highest BCUT2D eigenvalue weighted by Gasteiger charge is 2.53. The average Bonchev–Trinajstić information content (AvgIpc) is 3.20. The molecule has 186 valence electrons. The van der Waals surface area contributed by atoms with Gasteiger partial charge in [-0.15, -0.1) is 0 Å². The van der Waals surface area contributed by atoms with Gasteiger partial charge in [-0.1, -0.05) is 41.4 Å². The maximum Gasteiger partial charge on any atom is 0.340 e. The number of fused-ring (bicyclic) bond motifs is 6. The normalized spacial score (nSPS) is 16.9. The third-order valence-corrected chi connectivity index (χ3v) is 7.77. The van der Waals surface area contributed by atoms with Crippen LogP contribution in [0.25, 0.3) is 0 Å². The van der Waals surface area contributed by atoms with Crippen LogP contribution in [0.4, 0.5) is 17.1 Å². The lowest BCUT2D eigenvalue weighted by Crippen LogP contribution is -2.33. The maximum absolute atomic E-state index is 13.2. The fourth-order valence-electron chi connectivity index (χ4n) is 5.26. The van der Waals surface area contributed by atoms with Crippen molar-refractivity contribution in [1.82, 2.24) is 0 Å². The molecule has 0 fully saturated rings. The summed E-state index contributed by atoms with van der Waals surface area (Å²) in [5.41, 5.74) is 4.40. The van der Waals surface area contributed by atoms with E-state index in [2.05, 4.69) is 30.1 Å². The number of nitrogens with zero attached hydrogens (tertiary/aromatic N) is 1. The Morgan fingerprint density at radius 2 is 1.54 bits per heavy atom. The summed E-state index contributed by atoms with van der Waals surface area (Å²) in [6, 6.07) is 24.8. The first-order valence-corrected chi connectivity index (χ1v) is 13.0. The molecule has 4 aromatic carbocycles. The lowest BCUT2D eigenvalue weighted by molar-refractivity contribution is 0.0224. The third-order valence-electron chi connectivity index (χ3n) is 7.03. The molecule has 0 saturated heterocycles. The van der Waals surface area contributed by atoms with Gasteiger partial charge in [0, 0.05) is 52.9 Å². The molecule has 0 aromatic heterocycles. The molecule has 4 aromatic rings. The van der Waals surface area contributed by atoms with E-state index in [-0.39, 0.29) is 5.97 Å². The first-order chi connectivity index (χ1) is 17.9. The number of anilines is 3. The van der Waals surface area contributed by atoms with E-state index in [4.69, 9.17) is 32.7 Å². The molecule has 0 saturated carbocycles. The van der Waals surface area contributed by atoms with Gasteiger partial charge in [-0.3, -0.25) is 0 Å². The monoisotopic (exact) mass is 530 g/mol. The Kier molecular flexibility index (Phi) is 5.78. The molecule has 0 radical (unpaired) electrons. The zero-order chi connectivity index (χ0) is 25.7. The van der Waals surface area contributed by atoms with Gasteiger partial charge in [0.05, 0.1) is 15.6 Å². The van der Waals surface area contributed by atoms with Crippen molar-refractivity contribution in [3.63, 3.8) is 0 Å². The molecule has 7 heteroatoms. The highest BCUT2D eigenvalue weighted by atomic mass is 35.5. The molecule has 1 unspecified atom stereocenters. The van der Waals surface area contributed by atoms with Gasteiger partial charge in [0.25, 0.3) is 0 Å². The summed E-state index contributed by atoms with van der Waals surface area (Å²) in [7, 11) is 0. The summed E-state index contributed by atoms with van der Waals surface area (Å²) >= 11 is 12.3. The minimum atomic E-state index is -1.13. The van der Waals surface area contributed by atoms with Gasteiger partial charge < -0.3 is 19.7 Å². The smallest absolute Gasteiger partial charge is 0.340 e. The van der Waals surface area contributed by atoms with Crippen molar-refractivity contribution in [3.05, 3.63) is 111 Å². The van der Waals surface area contributed by atoms with Gasteiger partial charge in [-0.25, -0.2) is 4.79 Å². The average molecular weight is 531 g/mol. The molecule has 0 aliphatic carbocycles. The van der Waals surface area contributed by atoms with Crippen LogP contribution in [0.3, 0.4) is 0 Å². The van der Waals surface area contributed by atoms with Crippen LogP contribution in [0.15, 0.2) is 78.9 Å². The Morgan fingerprint density at radius 1 is 0.784 bits per heavy atom. The topological polar surface area (TPSA) is 50.8 Å². The van der Waals surface area contributed by atoms with Crippen LogP contribution in [-0.4, -0.2) is 19.1 Å². The third kappa shape index (κ3) is 3.73. The molecule has 37 heavy (non-hydrogen) atoms. The number of halogens is 2. The van der Waals surface area contributed by atoms with Crippen molar-refractivity contribution < 1.29 is 14.3 Å². The van der Waals surface area contributed by atoms with Gasteiger partial charge >= 0.3 is 5.97 Å². The Hall–Kier alpha value is -3.67. The molecule has 6 rings (SSSR count). The SMILES string of the molecule is CCN(CC)c1ccc2c(c1)Oc1ccc(Nc3ccc(Cl)c(Cl)c3)cc1C21OC(=O)c2ccccc21. The molecular formula is C30H24Cl2N2O3. The number of hydrogen-bond donors (Lipinski definition) is 1. The Bertz CT molecular complexity index is 1550. The van der Waals surface area contributed by atoms with E-state index in [1.807, 2.05) is 60.7 Å². The van der Waals surface area contributed by atoms with E-state index < -0.39 is 5.60 Å². The number of carbonyl (C=O) groups is 1. The van der Waals surface area contributed by atoms with Crippen molar-refractivity contribution in [3.8, 4) is 11.5 Å². The first-order valence-electron chi connectivity index (χ1n) is 12.2. The van der Waals surface area contributed by atoms with Gasteiger partial charge in [0.1, 0.15) is 11.5 Å².